The Balaban J connectivity index is 1.87. The standard InChI is InChI=1S/C20H27NO/c1-4-13(3)14-6-8-15(9-7-14)17-12-16-10-11-18(21-16)20(17)19(22)5-2/h6-9,16-18,20-21H,3-5,10-12H2,1-2H3. The van der Waals surface area contributed by atoms with Crippen LogP contribution in [0.5, 0.6) is 0 Å². The molecule has 1 aromatic rings. The quantitative estimate of drug-likeness (QED) is 0.877. The van der Waals surface area contributed by atoms with Crippen LogP contribution in [0.3, 0.4) is 0 Å². The van der Waals surface area contributed by atoms with E-state index in [-0.39, 0.29) is 5.92 Å². The molecule has 0 radical (unpaired) electrons. The van der Waals surface area contributed by atoms with E-state index in [9.17, 15) is 4.79 Å². The van der Waals surface area contributed by atoms with Gasteiger partial charge in [0, 0.05) is 24.4 Å². The van der Waals surface area contributed by atoms with Crippen LogP contribution < -0.4 is 5.32 Å². The number of Topliss-reactive ketones (excluding diaryl/α,β-unsaturated/α-hetero) is 1. The molecule has 2 fully saturated rings. The molecule has 4 unspecified atom stereocenters. The molecule has 118 valence electrons. The average Bonchev–Trinajstić information content (AvgIpc) is 2.94. The van der Waals surface area contributed by atoms with Crippen LogP contribution in [0.25, 0.3) is 5.57 Å². The molecule has 1 N–H and O–H groups in total. The van der Waals surface area contributed by atoms with Gasteiger partial charge in [-0.1, -0.05) is 44.7 Å². The zero-order valence-electron chi connectivity index (χ0n) is 13.8. The molecule has 2 bridgehead atoms. The van der Waals surface area contributed by atoms with Gasteiger partial charge in [-0.3, -0.25) is 4.79 Å². The van der Waals surface area contributed by atoms with Crippen LogP contribution in [0.4, 0.5) is 0 Å². The topological polar surface area (TPSA) is 29.1 Å². The van der Waals surface area contributed by atoms with E-state index in [0.717, 1.165) is 19.3 Å². The van der Waals surface area contributed by atoms with Gasteiger partial charge in [0.25, 0.3) is 0 Å². The van der Waals surface area contributed by atoms with Gasteiger partial charge in [0.2, 0.25) is 0 Å². The van der Waals surface area contributed by atoms with Crippen LogP contribution in [-0.4, -0.2) is 17.9 Å². The van der Waals surface area contributed by atoms with Gasteiger partial charge in [-0.2, -0.15) is 0 Å². The summed E-state index contributed by atoms with van der Waals surface area (Å²) in [6.07, 6.45) is 5.10. The van der Waals surface area contributed by atoms with Crippen LogP contribution in [0.15, 0.2) is 30.8 Å². The summed E-state index contributed by atoms with van der Waals surface area (Å²) in [7, 11) is 0. The number of allylic oxidation sites excluding steroid dienone is 1. The lowest BCUT2D eigenvalue weighted by molar-refractivity contribution is -0.124. The van der Waals surface area contributed by atoms with Gasteiger partial charge in [-0.25, -0.2) is 0 Å². The van der Waals surface area contributed by atoms with Crippen molar-refractivity contribution in [1.29, 1.82) is 0 Å². The summed E-state index contributed by atoms with van der Waals surface area (Å²) in [5.74, 6) is 0.962. The van der Waals surface area contributed by atoms with E-state index in [0.29, 0.717) is 30.2 Å². The molecular weight excluding hydrogens is 270 g/mol. The first kappa shape index (κ1) is 15.5. The summed E-state index contributed by atoms with van der Waals surface area (Å²) in [5.41, 5.74) is 3.73. The fraction of sp³-hybridized carbons (Fsp3) is 0.550. The minimum Gasteiger partial charge on any atom is -0.310 e. The third kappa shape index (κ3) is 2.77. The molecule has 0 amide bonds. The highest BCUT2D eigenvalue weighted by Crippen LogP contribution is 2.42. The Morgan fingerprint density at radius 2 is 1.91 bits per heavy atom. The highest BCUT2D eigenvalue weighted by molar-refractivity contribution is 5.83. The van der Waals surface area contributed by atoms with Crippen molar-refractivity contribution in [3.05, 3.63) is 42.0 Å². The highest BCUT2D eigenvalue weighted by Gasteiger charge is 2.44. The largest absolute Gasteiger partial charge is 0.310 e. The normalized spacial score (nSPS) is 30.3. The maximum Gasteiger partial charge on any atom is 0.137 e. The van der Waals surface area contributed by atoms with Crippen molar-refractivity contribution in [1.82, 2.24) is 5.32 Å². The third-order valence-corrected chi connectivity index (χ3v) is 5.58. The molecule has 1 aromatic carbocycles. The fourth-order valence-electron chi connectivity index (χ4n) is 4.25. The Morgan fingerprint density at radius 1 is 1.18 bits per heavy atom. The zero-order valence-corrected chi connectivity index (χ0v) is 13.8. The monoisotopic (exact) mass is 297 g/mol. The van der Waals surface area contributed by atoms with Crippen LogP contribution in [-0.2, 0) is 4.79 Å². The van der Waals surface area contributed by atoms with Gasteiger partial charge < -0.3 is 5.32 Å². The van der Waals surface area contributed by atoms with Gasteiger partial charge in [-0.05, 0) is 48.3 Å². The third-order valence-electron chi connectivity index (χ3n) is 5.58. The molecule has 0 aromatic heterocycles. The second kappa shape index (κ2) is 6.37. The molecule has 3 rings (SSSR count). The number of ketones is 1. The van der Waals surface area contributed by atoms with E-state index in [1.165, 1.54) is 23.1 Å². The SMILES string of the molecule is C=C(CC)c1ccc(C2CC3CCC(N3)C2C(=O)CC)cc1. The van der Waals surface area contributed by atoms with E-state index < -0.39 is 0 Å². The van der Waals surface area contributed by atoms with Crippen molar-refractivity contribution in [3.8, 4) is 0 Å². The molecule has 4 atom stereocenters. The van der Waals surface area contributed by atoms with Crippen molar-refractivity contribution in [2.75, 3.05) is 0 Å². The predicted molar refractivity (Wildman–Crippen MR) is 91.9 cm³/mol. The molecule has 2 heteroatoms. The molecule has 0 spiro atoms. The summed E-state index contributed by atoms with van der Waals surface area (Å²) in [6, 6.07) is 9.79. The summed E-state index contributed by atoms with van der Waals surface area (Å²) in [6.45, 7) is 8.24. The van der Waals surface area contributed by atoms with E-state index in [4.69, 9.17) is 0 Å². The van der Waals surface area contributed by atoms with Crippen LogP contribution in [0.2, 0.25) is 0 Å². The molecule has 2 nitrogen and oxygen atoms in total. The molecule has 2 heterocycles. The first-order valence-electron chi connectivity index (χ1n) is 8.70. The number of piperidine rings is 1. The van der Waals surface area contributed by atoms with E-state index in [2.05, 4.69) is 43.1 Å². The minimum absolute atomic E-state index is 0.156. The first-order valence-corrected chi connectivity index (χ1v) is 8.70. The summed E-state index contributed by atoms with van der Waals surface area (Å²) >= 11 is 0. The molecule has 2 aliphatic heterocycles. The van der Waals surface area contributed by atoms with E-state index in [1.54, 1.807) is 0 Å². The fourth-order valence-corrected chi connectivity index (χ4v) is 4.25. The van der Waals surface area contributed by atoms with Crippen molar-refractivity contribution < 1.29 is 4.79 Å². The summed E-state index contributed by atoms with van der Waals surface area (Å²) < 4.78 is 0. The van der Waals surface area contributed by atoms with E-state index in [1.807, 2.05) is 6.92 Å². The lowest BCUT2D eigenvalue weighted by Gasteiger charge is -2.37. The molecule has 2 saturated heterocycles. The second-order valence-electron chi connectivity index (χ2n) is 6.81. The number of carbonyl (C=O) groups excluding carboxylic acids is 1. The molecule has 2 aliphatic rings. The molecular formula is C20H27NO. The summed E-state index contributed by atoms with van der Waals surface area (Å²) in [4.78, 5) is 12.5. The Bertz CT molecular complexity index is 560. The van der Waals surface area contributed by atoms with Gasteiger partial charge in [0.15, 0.2) is 0 Å². The molecule has 0 saturated carbocycles. The Hall–Kier alpha value is -1.41. The first-order chi connectivity index (χ1) is 10.6. The number of benzene rings is 1. The van der Waals surface area contributed by atoms with Crippen molar-refractivity contribution in [2.45, 2.75) is 64.0 Å². The van der Waals surface area contributed by atoms with Crippen molar-refractivity contribution in [3.63, 3.8) is 0 Å². The number of carbonyl (C=O) groups is 1. The second-order valence-corrected chi connectivity index (χ2v) is 6.81. The number of hydrogen-bond acceptors (Lipinski definition) is 2. The van der Waals surface area contributed by atoms with E-state index >= 15 is 0 Å². The Labute approximate surface area is 134 Å². The Kier molecular flexibility index (Phi) is 4.49. The lowest BCUT2D eigenvalue weighted by Crippen LogP contribution is -2.47. The average molecular weight is 297 g/mol. The van der Waals surface area contributed by atoms with Gasteiger partial charge in [-0.15, -0.1) is 0 Å². The minimum atomic E-state index is 0.156. The maximum absolute atomic E-state index is 12.5. The van der Waals surface area contributed by atoms with Crippen LogP contribution in [0, 0.1) is 5.92 Å². The van der Waals surface area contributed by atoms with Crippen LogP contribution in [0.1, 0.15) is 63.0 Å². The number of fused-ring (bicyclic) bond motifs is 2. The van der Waals surface area contributed by atoms with Gasteiger partial charge >= 0.3 is 0 Å². The predicted octanol–water partition coefficient (Wildman–Crippen LogP) is 4.31. The Morgan fingerprint density at radius 3 is 2.55 bits per heavy atom. The number of hydrogen-bond donors (Lipinski definition) is 1. The van der Waals surface area contributed by atoms with Gasteiger partial charge in [0.1, 0.15) is 5.78 Å². The van der Waals surface area contributed by atoms with Crippen molar-refractivity contribution in [2.24, 2.45) is 5.92 Å². The van der Waals surface area contributed by atoms with Gasteiger partial charge in [0.05, 0.1) is 0 Å². The highest BCUT2D eigenvalue weighted by atomic mass is 16.1. The molecule has 22 heavy (non-hydrogen) atoms. The zero-order chi connectivity index (χ0) is 15.7. The van der Waals surface area contributed by atoms with Crippen LogP contribution >= 0.6 is 0 Å². The lowest BCUT2D eigenvalue weighted by atomic mass is 9.74. The maximum atomic E-state index is 12.5. The smallest absolute Gasteiger partial charge is 0.137 e. The van der Waals surface area contributed by atoms with Crippen molar-refractivity contribution >= 4 is 11.4 Å². The summed E-state index contributed by atoms with van der Waals surface area (Å²) in [5, 5.41) is 3.66. The number of nitrogens with one attached hydrogen (secondary N) is 1. The number of rotatable bonds is 5. The molecule has 0 aliphatic carbocycles.